The number of aromatic nitrogens is 5. The van der Waals surface area contributed by atoms with Crippen LogP contribution in [0, 0.1) is 6.92 Å². The van der Waals surface area contributed by atoms with Crippen molar-refractivity contribution >= 4 is 38.2 Å². The molecule has 11 nitrogen and oxygen atoms in total. The van der Waals surface area contributed by atoms with Gasteiger partial charge in [0.1, 0.15) is 12.4 Å². The number of morpholine rings is 1. The lowest BCUT2D eigenvalue weighted by Gasteiger charge is -2.31. The highest BCUT2D eigenvalue weighted by Crippen LogP contribution is 2.30. The fourth-order valence-electron chi connectivity index (χ4n) is 2.93. The van der Waals surface area contributed by atoms with Crippen LogP contribution in [0.5, 0.6) is 0 Å². The zero-order valence-corrected chi connectivity index (χ0v) is 16.7. The molecule has 1 amide bonds. The van der Waals surface area contributed by atoms with E-state index in [0.29, 0.717) is 11.5 Å². The molecule has 1 saturated heterocycles. The average molecular weight is 423 g/mol. The second-order valence-corrected chi connectivity index (χ2v) is 9.38. The molecule has 0 spiro atoms. The van der Waals surface area contributed by atoms with Crippen LogP contribution in [-0.2, 0) is 19.6 Å². The highest BCUT2D eigenvalue weighted by Gasteiger charge is 2.34. The van der Waals surface area contributed by atoms with Crippen molar-refractivity contribution in [2.45, 2.75) is 24.2 Å². The average Bonchev–Trinajstić information content (AvgIpc) is 3.30. The summed E-state index contributed by atoms with van der Waals surface area (Å²) < 4.78 is 34.8. The number of ether oxygens (including phenoxy) is 1. The predicted octanol–water partition coefficient (Wildman–Crippen LogP) is 0.610. The Morgan fingerprint density at radius 2 is 2.21 bits per heavy atom. The van der Waals surface area contributed by atoms with Gasteiger partial charge in [-0.3, -0.25) is 4.79 Å². The summed E-state index contributed by atoms with van der Waals surface area (Å²) in [5, 5.41) is 6.89. The Bertz CT molecular complexity index is 1140. The summed E-state index contributed by atoms with van der Waals surface area (Å²) in [6.45, 7) is 3.74. The Morgan fingerprint density at radius 1 is 1.39 bits per heavy atom. The fraction of sp³-hybridized carbons (Fsp3) is 0.400. The molecule has 4 rings (SSSR count). The van der Waals surface area contributed by atoms with Gasteiger partial charge in [-0.25, -0.2) is 18.4 Å². The number of carbonyl (C=O) groups is 1. The quantitative estimate of drug-likeness (QED) is 0.646. The smallest absolute Gasteiger partial charge is 0.254 e. The van der Waals surface area contributed by atoms with Crippen LogP contribution >= 0.6 is 11.3 Å². The molecule has 1 fully saturated rings. The maximum absolute atomic E-state index is 13.0. The molecular weight excluding hydrogens is 406 g/mol. The molecule has 28 heavy (non-hydrogen) atoms. The van der Waals surface area contributed by atoms with E-state index in [4.69, 9.17) is 4.74 Å². The normalized spacial score (nSPS) is 18.4. The number of fused-ring (bicyclic) bond motifs is 1. The molecule has 3 aromatic heterocycles. The van der Waals surface area contributed by atoms with Gasteiger partial charge in [-0.15, -0.1) is 0 Å². The molecule has 148 valence electrons. The Kier molecular flexibility index (Phi) is 4.82. The summed E-state index contributed by atoms with van der Waals surface area (Å²) in [5.41, 5.74) is 1.42. The van der Waals surface area contributed by atoms with Gasteiger partial charge >= 0.3 is 0 Å². The van der Waals surface area contributed by atoms with Crippen molar-refractivity contribution in [2.75, 3.05) is 25.0 Å². The van der Waals surface area contributed by atoms with Crippen LogP contribution in [0.15, 0.2) is 22.8 Å². The summed E-state index contributed by atoms with van der Waals surface area (Å²) >= 11 is 0.914. The second kappa shape index (κ2) is 7.16. The van der Waals surface area contributed by atoms with Crippen molar-refractivity contribution in [3.63, 3.8) is 0 Å². The van der Waals surface area contributed by atoms with E-state index in [0.717, 1.165) is 17.0 Å². The van der Waals surface area contributed by atoms with E-state index in [-0.39, 0.29) is 34.9 Å². The van der Waals surface area contributed by atoms with E-state index in [9.17, 15) is 13.2 Å². The first-order valence-corrected chi connectivity index (χ1v) is 10.6. The SMILES string of the molecule is CC(=O)Nc1ncc(S(=O)(=O)N2CCO[C@@H](c3cc(C)nc4ncnn34)C2)s1. The van der Waals surface area contributed by atoms with Gasteiger partial charge in [0, 0.05) is 25.7 Å². The number of hydrogen-bond donors (Lipinski definition) is 1. The second-order valence-electron chi connectivity index (χ2n) is 6.18. The molecule has 3 aromatic rings. The van der Waals surface area contributed by atoms with E-state index in [1.807, 2.05) is 13.0 Å². The molecular formula is C15H17N7O4S2. The van der Waals surface area contributed by atoms with Gasteiger partial charge < -0.3 is 10.1 Å². The molecule has 0 radical (unpaired) electrons. The van der Waals surface area contributed by atoms with Crippen molar-refractivity contribution in [1.29, 1.82) is 0 Å². The summed E-state index contributed by atoms with van der Waals surface area (Å²) in [6, 6.07) is 1.81. The predicted molar refractivity (Wildman–Crippen MR) is 99.4 cm³/mol. The number of nitrogens with zero attached hydrogens (tertiary/aromatic N) is 6. The van der Waals surface area contributed by atoms with Crippen LogP contribution in [0.1, 0.15) is 24.4 Å². The number of hydrogen-bond acceptors (Lipinski definition) is 9. The van der Waals surface area contributed by atoms with Crippen LogP contribution in [-0.4, -0.2) is 62.9 Å². The summed E-state index contributed by atoms with van der Waals surface area (Å²) in [4.78, 5) is 23.5. The highest BCUT2D eigenvalue weighted by atomic mass is 32.2. The van der Waals surface area contributed by atoms with Crippen LogP contribution in [0.2, 0.25) is 0 Å². The first-order valence-electron chi connectivity index (χ1n) is 8.37. The summed E-state index contributed by atoms with van der Waals surface area (Å²) in [6.07, 6.45) is 2.13. The van der Waals surface area contributed by atoms with Gasteiger partial charge in [0.15, 0.2) is 9.34 Å². The maximum atomic E-state index is 13.0. The van der Waals surface area contributed by atoms with E-state index in [1.165, 1.54) is 23.8 Å². The number of thiazole rings is 1. The highest BCUT2D eigenvalue weighted by molar-refractivity contribution is 7.91. The fourth-order valence-corrected chi connectivity index (χ4v) is 5.58. The molecule has 13 heteroatoms. The van der Waals surface area contributed by atoms with Crippen LogP contribution in [0.3, 0.4) is 0 Å². The van der Waals surface area contributed by atoms with Crippen molar-refractivity contribution < 1.29 is 17.9 Å². The van der Waals surface area contributed by atoms with Gasteiger partial charge in [0.25, 0.3) is 15.8 Å². The standard InChI is InChI=1S/C15H17N7O4S2/c1-9-5-11(22-14(19-9)17-8-18-22)12-7-21(3-4-26-12)28(24,25)13-6-16-15(27-13)20-10(2)23/h5-6,8,12H,3-4,7H2,1-2H3,(H,16,20,23)/t12-/m1/s1. The third-order valence-electron chi connectivity index (χ3n) is 4.13. The van der Waals surface area contributed by atoms with Gasteiger partial charge in [0.2, 0.25) is 5.91 Å². The minimum atomic E-state index is -3.77. The maximum Gasteiger partial charge on any atom is 0.254 e. The van der Waals surface area contributed by atoms with E-state index in [2.05, 4.69) is 25.4 Å². The minimum Gasteiger partial charge on any atom is -0.369 e. The molecule has 0 aromatic carbocycles. The molecule has 1 aliphatic rings. The van der Waals surface area contributed by atoms with Gasteiger partial charge in [0.05, 0.1) is 18.5 Å². The first kappa shape index (κ1) is 18.9. The molecule has 0 unspecified atom stereocenters. The lowest BCUT2D eigenvalue weighted by Crippen LogP contribution is -2.42. The third kappa shape index (κ3) is 3.48. The van der Waals surface area contributed by atoms with E-state index >= 15 is 0 Å². The van der Waals surface area contributed by atoms with Gasteiger partial charge in [-0.1, -0.05) is 11.3 Å². The monoisotopic (exact) mass is 423 g/mol. The number of nitrogens with one attached hydrogen (secondary N) is 1. The van der Waals surface area contributed by atoms with Crippen molar-refractivity contribution in [2.24, 2.45) is 0 Å². The van der Waals surface area contributed by atoms with Crippen LogP contribution < -0.4 is 5.32 Å². The topological polar surface area (TPSA) is 132 Å². The zero-order valence-electron chi connectivity index (χ0n) is 15.1. The minimum absolute atomic E-state index is 0.0636. The molecule has 0 saturated carbocycles. The van der Waals surface area contributed by atoms with E-state index in [1.54, 1.807) is 4.52 Å². The van der Waals surface area contributed by atoms with Crippen LogP contribution in [0.4, 0.5) is 5.13 Å². The first-order chi connectivity index (χ1) is 13.3. The summed E-state index contributed by atoms with van der Waals surface area (Å²) in [5.74, 6) is 0.121. The number of carbonyl (C=O) groups excluding carboxylic acids is 1. The Balaban J connectivity index is 1.62. The Morgan fingerprint density at radius 3 is 3.00 bits per heavy atom. The van der Waals surface area contributed by atoms with Crippen molar-refractivity contribution in [3.05, 3.63) is 30.0 Å². The number of anilines is 1. The molecule has 1 atom stereocenters. The number of rotatable bonds is 4. The van der Waals surface area contributed by atoms with E-state index < -0.39 is 16.1 Å². The third-order valence-corrected chi connectivity index (χ3v) is 7.34. The number of sulfonamides is 1. The number of amides is 1. The zero-order chi connectivity index (χ0) is 19.9. The summed E-state index contributed by atoms with van der Waals surface area (Å²) in [7, 11) is -3.77. The lowest BCUT2D eigenvalue weighted by molar-refractivity contribution is -0.114. The van der Waals surface area contributed by atoms with Gasteiger partial charge in [-0.05, 0) is 13.0 Å². The lowest BCUT2D eigenvalue weighted by atomic mass is 10.2. The molecule has 0 bridgehead atoms. The molecule has 0 aliphatic carbocycles. The molecule has 1 N–H and O–H groups in total. The number of aryl methyl sites for hydroxylation is 1. The van der Waals surface area contributed by atoms with Crippen molar-refractivity contribution in [3.8, 4) is 0 Å². The Labute approximate surface area is 164 Å². The van der Waals surface area contributed by atoms with Crippen LogP contribution in [0.25, 0.3) is 5.78 Å². The Hall–Kier alpha value is -2.48. The van der Waals surface area contributed by atoms with Crippen molar-refractivity contribution in [1.82, 2.24) is 28.9 Å². The largest absolute Gasteiger partial charge is 0.369 e. The molecule has 4 heterocycles. The van der Waals surface area contributed by atoms with Gasteiger partial charge in [-0.2, -0.15) is 18.9 Å². The molecule has 1 aliphatic heterocycles.